The minimum absolute atomic E-state index is 0.0572. The maximum atomic E-state index is 13.3. The lowest BCUT2D eigenvalue weighted by atomic mass is 10.1. The molecule has 1 N–H and O–H groups in total. The van der Waals surface area contributed by atoms with E-state index < -0.39 is 11.2 Å². The summed E-state index contributed by atoms with van der Waals surface area (Å²) in [5, 5.41) is 3.77. The molecule has 0 radical (unpaired) electrons. The van der Waals surface area contributed by atoms with Gasteiger partial charge >= 0.3 is 5.69 Å². The number of benzene rings is 3. The quantitative estimate of drug-likeness (QED) is 0.500. The second-order valence-corrected chi connectivity index (χ2v) is 8.21. The van der Waals surface area contributed by atoms with Crippen LogP contribution in [0.15, 0.2) is 76.3 Å². The standard InChI is InChI=1S/C25H22ClN3O3/c1-16-10-11-17(2)21(12-16)27-23(30)15-28-22-9-4-3-8-20(22)24(31)29(25(28)32)14-18-6-5-7-19(26)13-18/h3-13H,14-15H2,1-2H3,(H,27,30). The average Bonchev–Trinajstić information content (AvgIpc) is 2.77. The Bertz CT molecular complexity index is 1450. The van der Waals surface area contributed by atoms with Gasteiger partial charge in [-0.1, -0.05) is 48.0 Å². The third kappa shape index (κ3) is 4.36. The van der Waals surface area contributed by atoms with Gasteiger partial charge in [-0.25, -0.2) is 4.79 Å². The third-order valence-electron chi connectivity index (χ3n) is 5.33. The first-order chi connectivity index (χ1) is 15.3. The number of aryl methyl sites for hydroxylation is 2. The van der Waals surface area contributed by atoms with Gasteiger partial charge in [-0.15, -0.1) is 0 Å². The van der Waals surface area contributed by atoms with Crippen LogP contribution in [0.5, 0.6) is 0 Å². The van der Waals surface area contributed by atoms with Crippen molar-refractivity contribution in [2.75, 3.05) is 5.32 Å². The number of amides is 1. The van der Waals surface area contributed by atoms with Crippen molar-refractivity contribution in [3.63, 3.8) is 0 Å². The fourth-order valence-electron chi connectivity index (χ4n) is 3.68. The van der Waals surface area contributed by atoms with E-state index in [1.54, 1.807) is 48.5 Å². The molecule has 1 aromatic heterocycles. The lowest BCUT2D eigenvalue weighted by Crippen LogP contribution is -2.42. The number of fused-ring (bicyclic) bond motifs is 1. The summed E-state index contributed by atoms with van der Waals surface area (Å²) in [6.45, 7) is 3.69. The molecule has 0 aliphatic rings. The fraction of sp³-hybridized carbons (Fsp3) is 0.160. The normalized spacial score (nSPS) is 11.0. The van der Waals surface area contributed by atoms with Crippen LogP contribution < -0.4 is 16.6 Å². The lowest BCUT2D eigenvalue weighted by Gasteiger charge is -2.15. The molecular weight excluding hydrogens is 426 g/mol. The molecule has 4 rings (SSSR count). The molecule has 3 aromatic carbocycles. The lowest BCUT2D eigenvalue weighted by molar-refractivity contribution is -0.116. The number of hydrogen-bond acceptors (Lipinski definition) is 3. The molecule has 0 atom stereocenters. The summed E-state index contributed by atoms with van der Waals surface area (Å²) in [6.07, 6.45) is 0. The van der Waals surface area contributed by atoms with Crippen molar-refractivity contribution in [1.82, 2.24) is 9.13 Å². The Kier molecular flexibility index (Phi) is 5.97. The van der Waals surface area contributed by atoms with Crippen molar-refractivity contribution in [1.29, 1.82) is 0 Å². The highest BCUT2D eigenvalue weighted by Crippen LogP contribution is 2.17. The molecule has 0 unspecified atom stereocenters. The first-order valence-electron chi connectivity index (χ1n) is 10.2. The molecule has 0 saturated heterocycles. The van der Waals surface area contributed by atoms with Crippen LogP contribution in [0, 0.1) is 13.8 Å². The molecule has 0 fully saturated rings. The van der Waals surface area contributed by atoms with E-state index in [2.05, 4.69) is 5.32 Å². The summed E-state index contributed by atoms with van der Waals surface area (Å²) in [5.41, 5.74) is 2.82. The van der Waals surface area contributed by atoms with Crippen LogP contribution >= 0.6 is 11.6 Å². The molecule has 0 aliphatic heterocycles. The summed E-state index contributed by atoms with van der Waals surface area (Å²) in [4.78, 5) is 39.2. The largest absolute Gasteiger partial charge is 0.332 e. The molecule has 162 valence electrons. The number of hydrogen-bond donors (Lipinski definition) is 1. The topological polar surface area (TPSA) is 73.1 Å². The van der Waals surface area contributed by atoms with E-state index in [4.69, 9.17) is 11.6 Å². The molecule has 1 heterocycles. The van der Waals surface area contributed by atoms with Gasteiger partial charge in [-0.2, -0.15) is 0 Å². The van der Waals surface area contributed by atoms with Crippen molar-refractivity contribution >= 4 is 34.1 Å². The van der Waals surface area contributed by atoms with E-state index in [0.717, 1.165) is 21.3 Å². The smallest absolute Gasteiger partial charge is 0.324 e. The number of rotatable bonds is 5. The van der Waals surface area contributed by atoms with Gasteiger partial charge < -0.3 is 5.32 Å². The van der Waals surface area contributed by atoms with E-state index in [9.17, 15) is 14.4 Å². The minimum atomic E-state index is -0.551. The molecule has 0 saturated carbocycles. The second-order valence-electron chi connectivity index (χ2n) is 7.77. The SMILES string of the molecule is Cc1ccc(C)c(NC(=O)Cn2c(=O)n(Cc3cccc(Cl)c3)c(=O)c3ccccc32)c1. The van der Waals surface area contributed by atoms with Crippen LogP contribution in [-0.4, -0.2) is 15.0 Å². The highest BCUT2D eigenvalue weighted by Gasteiger charge is 2.16. The maximum Gasteiger partial charge on any atom is 0.332 e. The molecule has 32 heavy (non-hydrogen) atoms. The average molecular weight is 448 g/mol. The Hall–Kier alpha value is -3.64. The molecule has 1 amide bonds. The number of carbonyl (C=O) groups is 1. The van der Waals surface area contributed by atoms with Crippen molar-refractivity contribution in [3.05, 3.63) is 109 Å². The Balaban J connectivity index is 1.76. The first kappa shape index (κ1) is 21.6. The van der Waals surface area contributed by atoms with Gasteiger partial charge in [0.15, 0.2) is 0 Å². The van der Waals surface area contributed by atoms with E-state index in [-0.39, 0.29) is 19.0 Å². The Morgan fingerprint density at radius 1 is 0.938 bits per heavy atom. The van der Waals surface area contributed by atoms with Crippen molar-refractivity contribution in [2.24, 2.45) is 0 Å². The van der Waals surface area contributed by atoms with Gasteiger partial charge in [0.05, 0.1) is 17.4 Å². The minimum Gasteiger partial charge on any atom is -0.324 e. The van der Waals surface area contributed by atoms with Crippen LogP contribution in [0.2, 0.25) is 5.02 Å². The predicted molar refractivity (Wildman–Crippen MR) is 128 cm³/mol. The van der Waals surface area contributed by atoms with E-state index in [1.165, 1.54) is 4.57 Å². The molecule has 0 spiro atoms. The molecule has 0 aliphatic carbocycles. The third-order valence-corrected chi connectivity index (χ3v) is 5.57. The predicted octanol–water partition coefficient (Wildman–Crippen LogP) is 4.12. The van der Waals surface area contributed by atoms with Crippen LogP contribution in [0.25, 0.3) is 10.9 Å². The summed E-state index contributed by atoms with van der Waals surface area (Å²) in [6, 6.07) is 19.6. The maximum absolute atomic E-state index is 13.3. The van der Waals surface area contributed by atoms with Crippen LogP contribution in [0.1, 0.15) is 16.7 Å². The number of aromatic nitrogens is 2. The highest BCUT2D eigenvalue weighted by molar-refractivity contribution is 6.30. The molecule has 4 aromatic rings. The molecule has 7 heteroatoms. The summed E-state index contributed by atoms with van der Waals surface area (Å²) < 4.78 is 2.47. The van der Waals surface area contributed by atoms with Gasteiger partial charge in [0, 0.05) is 10.7 Å². The van der Waals surface area contributed by atoms with Crippen molar-refractivity contribution in [2.45, 2.75) is 26.9 Å². The van der Waals surface area contributed by atoms with Gasteiger partial charge in [0.2, 0.25) is 5.91 Å². The number of anilines is 1. The Labute approximate surface area is 189 Å². The Morgan fingerprint density at radius 3 is 2.50 bits per heavy atom. The highest BCUT2D eigenvalue weighted by atomic mass is 35.5. The van der Waals surface area contributed by atoms with Gasteiger partial charge in [0.25, 0.3) is 5.56 Å². The van der Waals surface area contributed by atoms with Crippen molar-refractivity contribution < 1.29 is 4.79 Å². The molecular formula is C25H22ClN3O3. The van der Waals surface area contributed by atoms with Gasteiger partial charge in [-0.3, -0.25) is 18.7 Å². The zero-order valence-corrected chi connectivity index (χ0v) is 18.5. The monoisotopic (exact) mass is 447 g/mol. The van der Waals surface area contributed by atoms with Crippen LogP contribution in [-0.2, 0) is 17.9 Å². The van der Waals surface area contributed by atoms with E-state index in [1.807, 2.05) is 32.0 Å². The number of carbonyl (C=O) groups excluding carboxylic acids is 1. The molecule has 0 bridgehead atoms. The first-order valence-corrected chi connectivity index (χ1v) is 10.6. The van der Waals surface area contributed by atoms with Crippen molar-refractivity contribution in [3.8, 4) is 0 Å². The number of nitrogens with one attached hydrogen (secondary N) is 1. The summed E-state index contributed by atoms with van der Waals surface area (Å²) >= 11 is 6.06. The molecule has 6 nitrogen and oxygen atoms in total. The Morgan fingerprint density at radius 2 is 1.72 bits per heavy atom. The van der Waals surface area contributed by atoms with E-state index >= 15 is 0 Å². The number of nitrogens with zero attached hydrogens (tertiary/aromatic N) is 2. The zero-order valence-electron chi connectivity index (χ0n) is 17.8. The number of para-hydroxylation sites is 1. The summed E-state index contributed by atoms with van der Waals surface area (Å²) in [5.74, 6) is -0.348. The van der Waals surface area contributed by atoms with Crippen LogP contribution in [0.3, 0.4) is 0 Å². The zero-order chi connectivity index (χ0) is 22.8. The van der Waals surface area contributed by atoms with Gasteiger partial charge in [0.1, 0.15) is 6.54 Å². The second kappa shape index (κ2) is 8.85. The van der Waals surface area contributed by atoms with Gasteiger partial charge in [-0.05, 0) is 60.9 Å². The fourth-order valence-corrected chi connectivity index (χ4v) is 3.90. The number of halogens is 1. The van der Waals surface area contributed by atoms with E-state index in [0.29, 0.717) is 21.6 Å². The van der Waals surface area contributed by atoms with Crippen LogP contribution in [0.4, 0.5) is 5.69 Å². The summed E-state index contributed by atoms with van der Waals surface area (Å²) in [7, 11) is 0.